The number of nitrogens with zero attached hydrogens (tertiary/aromatic N) is 3. The molecule has 1 fully saturated rings. The summed E-state index contributed by atoms with van der Waals surface area (Å²) in [6, 6.07) is 16.0. The number of hydrogen-bond acceptors (Lipinski definition) is 8. The quantitative estimate of drug-likeness (QED) is 0.191. The lowest BCUT2D eigenvalue weighted by Gasteiger charge is -2.26. The third-order valence-corrected chi connectivity index (χ3v) is 7.06. The van der Waals surface area contributed by atoms with E-state index in [-0.39, 0.29) is 11.6 Å². The smallest absolute Gasteiger partial charge is 0.270 e. The van der Waals surface area contributed by atoms with Crippen LogP contribution < -0.4 is 10.1 Å². The summed E-state index contributed by atoms with van der Waals surface area (Å²) in [6.07, 6.45) is 1.88. The van der Waals surface area contributed by atoms with Crippen molar-refractivity contribution >= 4 is 49.1 Å². The van der Waals surface area contributed by atoms with Gasteiger partial charge in [0.2, 0.25) is 0 Å². The van der Waals surface area contributed by atoms with E-state index in [0.29, 0.717) is 33.3 Å². The Hall–Kier alpha value is -3.60. The molecule has 4 aromatic rings. The molecule has 9 nitrogen and oxygen atoms in total. The third-order valence-electron chi connectivity index (χ3n) is 6.13. The number of hydrogen-bond donors (Lipinski definition) is 1. The molecule has 36 heavy (non-hydrogen) atoms. The number of amides is 1. The van der Waals surface area contributed by atoms with Crippen molar-refractivity contribution in [3.05, 3.63) is 70.3 Å². The first-order valence-corrected chi connectivity index (χ1v) is 12.7. The monoisotopic (exact) mass is 506 g/mol. The number of carbonyl (C=O) groups is 1. The van der Waals surface area contributed by atoms with Gasteiger partial charge in [0, 0.05) is 25.2 Å². The zero-order valence-corrected chi connectivity index (χ0v) is 20.5. The number of morpholine rings is 1. The molecule has 0 bridgehead atoms. The number of rotatable bonds is 9. The Balaban J connectivity index is 1.30. The molecule has 5 rings (SSSR count). The zero-order chi connectivity index (χ0) is 24.9. The van der Waals surface area contributed by atoms with Crippen molar-refractivity contribution in [2.45, 2.75) is 12.8 Å². The molecule has 1 aliphatic rings. The Labute approximate surface area is 211 Å². The summed E-state index contributed by atoms with van der Waals surface area (Å²) in [5.41, 5.74) is 1.01. The van der Waals surface area contributed by atoms with E-state index in [0.717, 1.165) is 56.5 Å². The number of carbonyl (C=O) groups excluding carboxylic acids is 1. The molecular weight excluding hydrogens is 480 g/mol. The summed E-state index contributed by atoms with van der Waals surface area (Å²) in [5.74, 6) is 0.187. The lowest BCUT2D eigenvalue weighted by atomic mass is 10.1. The van der Waals surface area contributed by atoms with Crippen molar-refractivity contribution in [3.8, 4) is 5.75 Å². The minimum Gasteiger partial charge on any atom is -0.493 e. The molecule has 0 atom stereocenters. The van der Waals surface area contributed by atoms with Crippen LogP contribution in [-0.2, 0) is 4.74 Å². The highest BCUT2D eigenvalue weighted by atomic mass is 32.1. The average Bonchev–Trinajstić information content (AvgIpc) is 3.30. The van der Waals surface area contributed by atoms with Gasteiger partial charge in [-0.05, 0) is 48.4 Å². The highest BCUT2D eigenvalue weighted by Crippen LogP contribution is 2.31. The molecule has 1 aliphatic heterocycles. The number of nitrogens with one attached hydrogen (secondary N) is 1. The normalized spacial score (nSPS) is 14.2. The van der Waals surface area contributed by atoms with Crippen molar-refractivity contribution in [2.75, 3.05) is 44.8 Å². The second-order valence-electron chi connectivity index (χ2n) is 8.59. The number of unbranched alkanes of at least 4 members (excludes halogenated alkanes) is 1. The number of aromatic nitrogens is 1. The highest BCUT2D eigenvalue weighted by Gasteiger charge is 2.18. The summed E-state index contributed by atoms with van der Waals surface area (Å²) in [6.45, 7) is 5.03. The van der Waals surface area contributed by atoms with Gasteiger partial charge >= 0.3 is 0 Å². The van der Waals surface area contributed by atoms with E-state index < -0.39 is 4.92 Å². The van der Waals surface area contributed by atoms with Gasteiger partial charge in [0.05, 0.1) is 40.5 Å². The van der Waals surface area contributed by atoms with Crippen molar-refractivity contribution < 1.29 is 19.2 Å². The van der Waals surface area contributed by atoms with Gasteiger partial charge in [-0.15, -0.1) is 0 Å². The summed E-state index contributed by atoms with van der Waals surface area (Å²) in [4.78, 5) is 30.7. The SMILES string of the molecule is O=C(Nc1nc2ccc([N+](=O)[O-])cc2s1)c1cc2ccccc2cc1OCCCCN1CCOCC1. The fourth-order valence-corrected chi connectivity index (χ4v) is 5.10. The first kappa shape index (κ1) is 24.1. The van der Waals surface area contributed by atoms with Gasteiger partial charge in [0.1, 0.15) is 5.75 Å². The fourth-order valence-electron chi connectivity index (χ4n) is 4.21. The Morgan fingerprint density at radius 1 is 1.11 bits per heavy atom. The Morgan fingerprint density at radius 3 is 2.67 bits per heavy atom. The Bertz CT molecular complexity index is 1400. The van der Waals surface area contributed by atoms with E-state index in [9.17, 15) is 14.9 Å². The number of thiazole rings is 1. The maximum Gasteiger partial charge on any atom is 0.270 e. The third kappa shape index (κ3) is 5.62. The van der Waals surface area contributed by atoms with Gasteiger partial charge in [-0.25, -0.2) is 4.98 Å². The number of fused-ring (bicyclic) bond motifs is 2. The largest absolute Gasteiger partial charge is 0.493 e. The van der Waals surface area contributed by atoms with E-state index in [2.05, 4.69) is 15.2 Å². The van der Waals surface area contributed by atoms with Gasteiger partial charge in [0.15, 0.2) is 5.13 Å². The van der Waals surface area contributed by atoms with Crippen LogP contribution in [0.15, 0.2) is 54.6 Å². The van der Waals surface area contributed by atoms with Gasteiger partial charge in [-0.3, -0.25) is 25.1 Å². The average molecular weight is 507 g/mol. The molecule has 1 saturated heterocycles. The van der Waals surface area contributed by atoms with Crippen molar-refractivity contribution in [1.29, 1.82) is 0 Å². The van der Waals surface area contributed by atoms with Gasteiger partial charge in [-0.2, -0.15) is 0 Å². The maximum atomic E-state index is 13.3. The molecule has 1 amide bonds. The van der Waals surface area contributed by atoms with Crippen molar-refractivity contribution in [3.63, 3.8) is 0 Å². The van der Waals surface area contributed by atoms with Crippen molar-refractivity contribution in [2.24, 2.45) is 0 Å². The highest BCUT2D eigenvalue weighted by molar-refractivity contribution is 7.22. The minimum absolute atomic E-state index is 0.0112. The van der Waals surface area contributed by atoms with E-state index in [1.54, 1.807) is 6.07 Å². The summed E-state index contributed by atoms with van der Waals surface area (Å²) in [5, 5.41) is 16.2. The predicted molar refractivity (Wildman–Crippen MR) is 140 cm³/mol. The maximum absolute atomic E-state index is 13.3. The topological polar surface area (TPSA) is 107 Å². The second-order valence-corrected chi connectivity index (χ2v) is 9.62. The molecule has 0 aliphatic carbocycles. The van der Waals surface area contributed by atoms with Crippen LogP contribution in [0, 0.1) is 10.1 Å². The Kier molecular flexibility index (Phi) is 7.36. The molecule has 0 radical (unpaired) electrons. The van der Waals surface area contributed by atoms with Crippen LogP contribution in [0.4, 0.5) is 10.8 Å². The molecular formula is C26H26N4O5S. The van der Waals surface area contributed by atoms with Crippen LogP contribution in [-0.4, -0.2) is 60.2 Å². The molecule has 0 saturated carbocycles. The lowest BCUT2D eigenvalue weighted by Crippen LogP contribution is -2.36. The lowest BCUT2D eigenvalue weighted by molar-refractivity contribution is -0.384. The molecule has 1 N–H and O–H groups in total. The van der Waals surface area contributed by atoms with Crippen LogP contribution in [0.25, 0.3) is 21.0 Å². The molecule has 10 heteroatoms. The van der Waals surface area contributed by atoms with Crippen LogP contribution in [0.3, 0.4) is 0 Å². The summed E-state index contributed by atoms with van der Waals surface area (Å²) in [7, 11) is 0. The van der Waals surface area contributed by atoms with Gasteiger partial charge in [-0.1, -0.05) is 35.6 Å². The van der Waals surface area contributed by atoms with Gasteiger partial charge in [0.25, 0.3) is 11.6 Å². The van der Waals surface area contributed by atoms with Crippen LogP contribution in [0.2, 0.25) is 0 Å². The number of non-ortho nitro benzene ring substituents is 1. The molecule has 1 aromatic heterocycles. The molecule has 0 unspecified atom stereocenters. The first-order valence-electron chi connectivity index (χ1n) is 11.9. The van der Waals surface area contributed by atoms with Crippen LogP contribution >= 0.6 is 11.3 Å². The zero-order valence-electron chi connectivity index (χ0n) is 19.6. The standard InChI is InChI=1S/C26H26N4O5S/c31-25(28-26-27-22-8-7-20(30(32)33)17-24(22)36-26)21-15-18-5-1-2-6-19(18)16-23(21)35-12-4-3-9-29-10-13-34-14-11-29/h1-2,5-8,15-17H,3-4,9-14H2,(H,27,28,31). The van der Waals surface area contributed by atoms with Crippen LogP contribution in [0.5, 0.6) is 5.75 Å². The molecule has 186 valence electrons. The summed E-state index contributed by atoms with van der Waals surface area (Å²) < 4.78 is 12.1. The molecule has 3 aromatic carbocycles. The van der Waals surface area contributed by atoms with Gasteiger partial charge < -0.3 is 9.47 Å². The van der Waals surface area contributed by atoms with E-state index in [4.69, 9.17) is 9.47 Å². The van der Waals surface area contributed by atoms with E-state index in [1.165, 1.54) is 23.5 Å². The predicted octanol–water partition coefficient (Wildman–Crippen LogP) is 5.10. The number of nitro benzene ring substituents is 1. The number of ether oxygens (including phenoxy) is 2. The van der Waals surface area contributed by atoms with E-state index in [1.807, 2.05) is 36.4 Å². The van der Waals surface area contributed by atoms with Crippen molar-refractivity contribution in [1.82, 2.24) is 9.88 Å². The second kappa shape index (κ2) is 11.0. The number of benzene rings is 3. The minimum atomic E-state index is -0.447. The van der Waals surface area contributed by atoms with Crippen LogP contribution in [0.1, 0.15) is 23.2 Å². The molecule has 0 spiro atoms. The first-order chi connectivity index (χ1) is 17.6. The fraction of sp³-hybridized carbons (Fsp3) is 0.308. The number of anilines is 1. The van der Waals surface area contributed by atoms with E-state index >= 15 is 0 Å². The summed E-state index contributed by atoms with van der Waals surface area (Å²) >= 11 is 1.20. The molecule has 2 heterocycles. The number of nitro groups is 1. The Morgan fingerprint density at radius 2 is 1.89 bits per heavy atom.